The molecule has 17 heavy (non-hydrogen) atoms. The Kier molecular flexibility index (Phi) is 6.55. The van der Waals surface area contributed by atoms with Crippen LogP contribution >= 0.6 is 22.9 Å². The predicted molar refractivity (Wildman–Crippen MR) is 73.8 cm³/mol. The zero-order valence-electron chi connectivity index (χ0n) is 10.3. The zero-order valence-corrected chi connectivity index (χ0v) is 11.9. The fourth-order valence-corrected chi connectivity index (χ4v) is 2.67. The van der Waals surface area contributed by atoms with E-state index in [4.69, 9.17) is 11.6 Å². The van der Waals surface area contributed by atoms with Crippen LogP contribution in [0.2, 0.25) is 4.34 Å². The number of halogens is 1. The molecule has 1 rings (SSSR count). The molecule has 96 valence electrons. The summed E-state index contributed by atoms with van der Waals surface area (Å²) in [6.45, 7) is 6.77. The van der Waals surface area contributed by atoms with Crippen LogP contribution < -0.4 is 5.32 Å². The standard InChI is InChI=1S/C12H19ClN2OS/c1-3-15(4-2)12(16)9-14-8-7-10-5-6-11(13)17-10/h5-6,14H,3-4,7-9H2,1-2H3. The number of hydrogen-bond acceptors (Lipinski definition) is 3. The minimum absolute atomic E-state index is 0.166. The van der Waals surface area contributed by atoms with Crippen molar-refractivity contribution in [2.45, 2.75) is 20.3 Å². The van der Waals surface area contributed by atoms with Crippen molar-refractivity contribution in [1.29, 1.82) is 0 Å². The summed E-state index contributed by atoms with van der Waals surface area (Å²) in [5, 5.41) is 3.16. The minimum atomic E-state index is 0.166. The molecular formula is C12H19ClN2OS. The molecule has 0 aromatic carbocycles. The Labute approximate surface area is 112 Å². The largest absolute Gasteiger partial charge is 0.342 e. The first-order valence-electron chi connectivity index (χ1n) is 5.90. The fourth-order valence-electron chi connectivity index (χ4n) is 1.58. The monoisotopic (exact) mass is 274 g/mol. The van der Waals surface area contributed by atoms with Gasteiger partial charge in [-0.25, -0.2) is 0 Å². The van der Waals surface area contributed by atoms with E-state index in [0.29, 0.717) is 6.54 Å². The molecule has 0 unspecified atom stereocenters. The van der Waals surface area contributed by atoms with Crippen molar-refractivity contribution < 1.29 is 4.79 Å². The van der Waals surface area contributed by atoms with Gasteiger partial charge in [-0.3, -0.25) is 4.79 Å². The number of likely N-dealkylation sites (N-methyl/N-ethyl adjacent to an activating group) is 1. The van der Waals surface area contributed by atoms with Crippen LogP contribution in [0.5, 0.6) is 0 Å². The highest BCUT2D eigenvalue weighted by atomic mass is 35.5. The summed E-state index contributed by atoms with van der Waals surface area (Å²) in [7, 11) is 0. The molecule has 0 radical (unpaired) electrons. The highest BCUT2D eigenvalue weighted by Crippen LogP contribution is 2.21. The third kappa shape index (κ3) is 5.06. The summed E-state index contributed by atoms with van der Waals surface area (Å²) in [4.78, 5) is 14.7. The number of nitrogens with one attached hydrogen (secondary N) is 1. The Morgan fingerprint density at radius 3 is 2.65 bits per heavy atom. The van der Waals surface area contributed by atoms with Gasteiger partial charge in [0.05, 0.1) is 10.9 Å². The van der Waals surface area contributed by atoms with E-state index in [-0.39, 0.29) is 5.91 Å². The van der Waals surface area contributed by atoms with Gasteiger partial charge in [-0.05, 0) is 32.4 Å². The number of nitrogens with zero attached hydrogens (tertiary/aromatic N) is 1. The summed E-state index contributed by atoms with van der Waals surface area (Å²) in [5.74, 6) is 0.166. The number of carbonyl (C=O) groups is 1. The maximum absolute atomic E-state index is 11.7. The summed E-state index contributed by atoms with van der Waals surface area (Å²) in [5.41, 5.74) is 0. The Hall–Kier alpha value is -0.580. The van der Waals surface area contributed by atoms with Gasteiger partial charge in [0.25, 0.3) is 0 Å². The maximum atomic E-state index is 11.7. The van der Waals surface area contributed by atoms with Crippen LogP contribution in [0.4, 0.5) is 0 Å². The van der Waals surface area contributed by atoms with E-state index in [9.17, 15) is 4.79 Å². The molecule has 0 saturated heterocycles. The second kappa shape index (κ2) is 7.69. The van der Waals surface area contributed by atoms with Crippen molar-refractivity contribution in [2.75, 3.05) is 26.2 Å². The highest BCUT2D eigenvalue weighted by Gasteiger charge is 2.08. The van der Waals surface area contributed by atoms with Gasteiger partial charge in [-0.15, -0.1) is 11.3 Å². The van der Waals surface area contributed by atoms with Crippen LogP contribution in [-0.2, 0) is 11.2 Å². The topological polar surface area (TPSA) is 32.3 Å². The third-order valence-electron chi connectivity index (χ3n) is 2.57. The Morgan fingerprint density at radius 1 is 1.41 bits per heavy atom. The molecule has 0 aliphatic rings. The van der Waals surface area contributed by atoms with Crippen LogP contribution in [0.1, 0.15) is 18.7 Å². The van der Waals surface area contributed by atoms with E-state index in [1.807, 2.05) is 30.9 Å². The van der Waals surface area contributed by atoms with E-state index in [1.165, 1.54) is 4.88 Å². The first-order valence-corrected chi connectivity index (χ1v) is 7.09. The molecule has 0 bridgehead atoms. The number of carbonyl (C=O) groups excluding carboxylic acids is 1. The van der Waals surface area contributed by atoms with Crippen LogP contribution in [-0.4, -0.2) is 37.0 Å². The van der Waals surface area contributed by atoms with Crippen molar-refractivity contribution in [3.05, 3.63) is 21.3 Å². The van der Waals surface area contributed by atoms with Gasteiger partial charge >= 0.3 is 0 Å². The first kappa shape index (κ1) is 14.5. The molecule has 0 saturated carbocycles. The molecule has 3 nitrogen and oxygen atoms in total. The van der Waals surface area contributed by atoms with Crippen LogP contribution in [0.15, 0.2) is 12.1 Å². The molecule has 5 heteroatoms. The SMILES string of the molecule is CCN(CC)C(=O)CNCCc1ccc(Cl)s1. The second-order valence-electron chi connectivity index (χ2n) is 3.70. The lowest BCUT2D eigenvalue weighted by molar-refractivity contribution is -0.129. The summed E-state index contributed by atoms with van der Waals surface area (Å²) in [6, 6.07) is 3.93. The van der Waals surface area contributed by atoms with Gasteiger partial charge in [0.2, 0.25) is 5.91 Å². The van der Waals surface area contributed by atoms with Crippen molar-refractivity contribution in [3.8, 4) is 0 Å². The van der Waals surface area contributed by atoms with Crippen LogP contribution in [0.3, 0.4) is 0 Å². The van der Waals surface area contributed by atoms with E-state index < -0.39 is 0 Å². The lowest BCUT2D eigenvalue weighted by Gasteiger charge is -2.18. The average Bonchev–Trinajstić information content (AvgIpc) is 2.72. The number of hydrogen-bond donors (Lipinski definition) is 1. The van der Waals surface area contributed by atoms with Gasteiger partial charge in [0, 0.05) is 24.5 Å². The predicted octanol–water partition coefficient (Wildman–Crippen LogP) is 2.40. The van der Waals surface area contributed by atoms with Crippen LogP contribution in [0, 0.1) is 0 Å². The Bertz CT molecular complexity index is 350. The van der Waals surface area contributed by atoms with E-state index in [2.05, 4.69) is 5.32 Å². The molecule has 0 fully saturated rings. The quantitative estimate of drug-likeness (QED) is 0.775. The van der Waals surface area contributed by atoms with Gasteiger partial charge in [0.1, 0.15) is 0 Å². The summed E-state index contributed by atoms with van der Waals surface area (Å²) in [6.07, 6.45) is 0.920. The van der Waals surface area contributed by atoms with E-state index >= 15 is 0 Å². The zero-order chi connectivity index (χ0) is 12.7. The van der Waals surface area contributed by atoms with Gasteiger partial charge in [-0.1, -0.05) is 11.6 Å². The van der Waals surface area contributed by atoms with Crippen molar-refractivity contribution in [3.63, 3.8) is 0 Å². The molecule has 0 spiro atoms. The number of thiophene rings is 1. The molecule has 1 amide bonds. The van der Waals surface area contributed by atoms with Crippen molar-refractivity contribution in [2.24, 2.45) is 0 Å². The molecular weight excluding hydrogens is 256 g/mol. The van der Waals surface area contributed by atoms with Gasteiger partial charge in [0.15, 0.2) is 0 Å². The lowest BCUT2D eigenvalue weighted by Crippen LogP contribution is -2.38. The maximum Gasteiger partial charge on any atom is 0.236 e. The summed E-state index contributed by atoms with van der Waals surface area (Å²) >= 11 is 7.43. The smallest absolute Gasteiger partial charge is 0.236 e. The lowest BCUT2D eigenvalue weighted by atomic mass is 10.3. The Morgan fingerprint density at radius 2 is 2.12 bits per heavy atom. The van der Waals surface area contributed by atoms with Gasteiger partial charge in [-0.2, -0.15) is 0 Å². The molecule has 1 N–H and O–H groups in total. The molecule has 0 aliphatic heterocycles. The second-order valence-corrected chi connectivity index (χ2v) is 5.50. The first-order chi connectivity index (χ1) is 8.17. The molecule has 1 heterocycles. The normalized spacial score (nSPS) is 10.5. The number of rotatable bonds is 7. The average molecular weight is 275 g/mol. The molecule has 0 aliphatic carbocycles. The molecule has 1 aromatic rings. The fraction of sp³-hybridized carbons (Fsp3) is 0.583. The Balaban J connectivity index is 2.17. The third-order valence-corrected chi connectivity index (χ3v) is 3.86. The van der Waals surface area contributed by atoms with Crippen molar-refractivity contribution in [1.82, 2.24) is 10.2 Å². The number of amides is 1. The van der Waals surface area contributed by atoms with E-state index in [1.54, 1.807) is 11.3 Å². The van der Waals surface area contributed by atoms with Crippen molar-refractivity contribution >= 4 is 28.8 Å². The molecule has 0 atom stereocenters. The minimum Gasteiger partial charge on any atom is -0.342 e. The van der Waals surface area contributed by atoms with Gasteiger partial charge < -0.3 is 10.2 Å². The summed E-state index contributed by atoms with van der Waals surface area (Å²) < 4.78 is 0.819. The molecule has 1 aromatic heterocycles. The van der Waals surface area contributed by atoms with E-state index in [0.717, 1.165) is 30.4 Å². The van der Waals surface area contributed by atoms with Crippen LogP contribution in [0.25, 0.3) is 0 Å². The highest BCUT2D eigenvalue weighted by molar-refractivity contribution is 7.16.